The summed E-state index contributed by atoms with van der Waals surface area (Å²) in [5.74, 6) is -0.732. The highest BCUT2D eigenvalue weighted by Crippen LogP contribution is 2.14. The van der Waals surface area contributed by atoms with Gasteiger partial charge in [-0.05, 0) is 13.8 Å². The van der Waals surface area contributed by atoms with Gasteiger partial charge in [-0.25, -0.2) is 9.59 Å². The molecule has 0 spiro atoms. The number of hydrogen-bond donors (Lipinski definition) is 1. The van der Waals surface area contributed by atoms with Gasteiger partial charge in [-0.2, -0.15) is 4.57 Å². The third-order valence-corrected chi connectivity index (χ3v) is 2.85. The molecular formula is C14H18NO5S+. The summed E-state index contributed by atoms with van der Waals surface area (Å²) in [6, 6.07) is 3.29. The van der Waals surface area contributed by atoms with Crippen molar-refractivity contribution in [2.45, 2.75) is 13.8 Å². The lowest BCUT2D eigenvalue weighted by Crippen LogP contribution is -2.38. The molecule has 0 aliphatic carbocycles. The Morgan fingerprint density at radius 1 is 1.10 bits per heavy atom. The monoisotopic (exact) mass is 312 g/mol. The van der Waals surface area contributed by atoms with Crippen LogP contribution in [-0.4, -0.2) is 32.3 Å². The first kappa shape index (κ1) is 17.0. The van der Waals surface area contributed by atoms with Crippen LogP contribution in [0.5, 0.6) is 5.75 Å². The molecule has 0 bridgehead atoms. The average Bonchev–Trinajstić information content (AvgIpc) is 2.48. The molecule has 7 heteroatoms. The van der Waals surface area contributed by atoms with Gasteiger partial charge in [0.25, 0.3) is 0 Å². The van der Waals surface area contributed by atoms with Crippen LogP contribution < -0.4 is 9.30 Å². The number of rotatable bonds is 6. The molecule has 6 nitrogen and oxygen atoms in total. The number of pyridine rings is 1. The van der Waals surface area contributed by atoms with Gasteiger partial charge in [0.1, 0.15) is 5.75 Å². The van der Waals surface area contributed by atoms with Gasteiger partial charge < -0.3 is 14.2 Å². The van der Waals surface area contributed by atoms with Crippen molar-refractivity contribution in [2.75, 3.05) is 20.3 Å². The SMILES string of the molecule is CCOC(=O)/C(S)=C(\C(=O)OCC)[n+]1ccc(OC)cc1. The van der Waals surface area contributed by atoms with Crippen LogP contribution in [0.2, 0.25) is 0 Å². The summed E-state index contributed by atoms with van der Waals surface area (Å²) >= 11 is 4.10. The van der Waals surface area contributed by atoms with Gasteiger partial charge in [-0.1, -0.05) is 0 Å². The molecule has 0 aliphatic heterocycles. The van der Waals surface area contributed by atoms with Crippen molar-refractivity contribution in [3.8, 4) is 5.75 Å². The molecule has 0 aliphatic rings. The summed E-state index contributed by atoms with van der Waals surface area (Å²) in [4.78, 5) is 23.7. The van der Waals surface area contributed by atoms with Crippen molar-refractivity contribution in [1.29, 1.82) is 0 Å². The first-order valence-electron chi connectivity index (χ1n) is 6.38. The molecule has 0 fully saturated rings. The third-order valence-electron chi connectivity index (χ3n) is 2.45. The first-order chi connectivity index (χ1) is 10.0. The maximum Gasteiger partial charge on any atom is 0.405 e. The van der Waals surface area contributed by atoms with E-state index in [2.05, 4.69) is 12.6 Å². The van der Waals surface area contributed by atoms with Crippen LogP contribution >= 0.6 is 12.6 Å². The van der Waals surface area contributed by atoms with Gasteiger partial charge in [0.05, 0.1) is 20.3 Å². The zero-order valence-corrected chi connectivity index (χ0v) is 13.1. The molecular weight excluding hydrogens is 294 g/mol. The topological polar surface area (TPSA) is 65.7 Å². The van der Waals surface area contributed by atoms with Gasteiger partial charge in [0.2, 0.25) is 0 Å². The molecule has 1 aromatic heterocycles. The van der Waals surface area contributed by atoms with E-state index in [4.69, 9.17) is 14.2 Å². The Bertz CT molecular complexity index is 539. The first-order valence-corrected chi connectivity index (χ1v) is 6.83. The van der Waals surface area contributed by atoms with Crippen molar-refractivity contribution in [2.24, 2.45) is 0 Å². The van der Waals surface area contributed by atoms with Crippen molar-refractivity contribution >= 4 is 30.3 Å². The van der Waals surface area contributed by atoms with Crippen molar-refractivity contribution < 1.29 is 28.4 Å². The predicted octanol–water partition coefficient (Wildman–Crippen LogP) is 1.21. The number of methoxy groups -OCH3 is 1. The van der Waals surface area contributed by atoms with E-state index in [1.807, 2.05) is 0 Å². The zero-order valence-electron chi connectivity index (χ0n) is 12.2. The highest BCUT2D eigenvalue weighted by atomic mass is 32.1. The molecule has 0 radical (unpaired) electrons. The molecule has 1 heterocycles. The molecule has 114 valence electrons. The summed E-state index contributed by atoms with van der Waals surface area (Å²) in [7, 11) is 1.53. The van der Waals surface area contributed by atoms with Crippen LogP contribution in [0, 0.1) is 0 Å². The van der Waals surface area contributed by atoms with Crippen LogP contribution in [0.3, 0.4) is 0 Å². The number of carbonyl (C=O) groups is 2. The lowest BCUT2D eigenvalue weighted by Gasteiger charge is -2.06. The summed E-state index contributed by atoms with van der Waals surface area (Å²) in [6.45, 7) is 3.72. The fourth-order valence-electron chi connectivity index (χ4n) is 1.52. The second-order valence-corrected chi connectivity index (χ2v) is 4.23. The summed E-state index contributed by atoms with van der Waals surface area (Å²) < 4.78 is 16.3. The number of esters is 2. The van der Waals surface area contributed by atoms with E-state index in [1.54, 1.807) is 38.4 Å². The number of hydrogen-bond acceptors (Lipinski definition) is 6. The molecule has 1 aromatic rings. The summed E-state index contributed by atoms with van der Waals surface area (Å²) in [5, 5.41) is 0. The van der Waals surface area contributed by atoms with Gasteiger partial charge in [-0.3, -0.25) is 0 Å². The highest BCUT2D eigenvalue weighted by Gasteiger charge is 2.30. The van der Waals surface area contributed by atoms with Gasteiger partial charge in [0.15, 0.2) is 17.3 Å². The number of ether oxygens (including phenoxy) is 3. The van der Waals surface area contributed by atoms with Crippen molar-refractivity contribution in [1.82, 2.24) is 0 Å². The molecule has 0 unspecified atom stereocenters. The minimum Gasteiger partial charge on any atom is -0.496 e. The van der Waals surface area contributed by atoms with E-state index >= 15 is 0 Å². The maximum atomic E-state index is 12.1. The second-order valence-electron chi connectivity index (χ2n) is 3.78. The minimum atomic E-state index is -0.688. The number of nitrogens with zero attached hydrogens (tertiary/aromatic N) is 1. The van der Waals surface area contributed by atoms with E-state index < -0.39 is 11.9 Å². The van der Waals surface area contributed by atoms with Crippen molar-refractivity contribution in [3.05, 3.63) is 29.4 Å². The molecule has 0 N–H and O–H groups in total. The van der Waals surface area contributed by atoms with Gasteiger partial charge in [0, 0.05) is 12.1 Å². The maximum absolute atomic E-state index is 12.1. The lowest BCUT2D eigenvalue weighted by molar-refractivity contribution is -0.578. The molecule has 0 amide bonds. The van der Waals surface area contributed by atoms with E-state index in [0.717, 1.165) is 0 Å². The van der Waals surface area contributed by atoms with Crippen LogP contribution in [-0.2, 0) is 19.1 Å². The van der Waals surface area contributed by atoms with E-state index in [-0.39, 0.29) is 23.8 Å². The molecule has 0 atom stereocenters. The Morgan fingerprint density at radius 3 is 2.10 bits per heavy atom. The largest absolute Gasteiger partial charge is 0.496 e. The van der Waals surface area contributed by atoms with Crippen LogP contribution in [0.25, 0.3) is 5.70 Å². The standard InChI is InChI=1S/C14H17NO5S/c1-4-19-13(16)11(12(21)14(17)20-5-2)15-8-6-10(18-3)7-9-15/h6-9H,4-5H2,1-3H3/p+1. The Balaban J connectivity index is 3.26. The normalized spacial score (nSPS) is 11.4. The van der Waals surface area contributed by atoms with Crippen LogP contribution in [0.4, 0.5) is 0 Å². The fourth-order valence-corrected chi connectivity index (χ4v) is 1.79. The molecule has 0 saturated carbocycles. The number of thiol groups is 1. The van der Waals surface area contributed by atoms with E-state index in [1.165, 1.54) is 11.7 Å². The smallest absolute Gasteiger partial charge is 0.405 e. The van der Waals surface area contributed by atoms with E-state index in [0.29, 0.717) is 5.75 Å². The molecule has 0 aromatic carbocycles. The summed E-state index contributed by atoms with van der Waals surface area (Å²) in [6.07, 6.45) is 3.14. The Hall–Kier alpha value is -2.02. The van der Waals surface area contributed by atoms with Gasteiger partial charge >= 0.3 is 17.6 Å². The molecule has 21 heavy (non-hydrogen) atoms. The Morgan fingerprint density at radius 2 is 1.62 bits per heavy atom. The average molecular weight is 312 g/mol. The quantitative estimate of drug-likeness (QED) is 0.370. The fraction of sp³-hybridized carbons (Fsp3) is 0.357. The summed E-state index contributed by atoms with van der Waals surface area (Å²) in [5.41, 5.74) is -0.0127. The van der Waals surface area contributed by atoms with Gasteiger partial charge in [-0.15, -0.1) is 12.6 Å². The lowest BCUT2D eigenvalue weighted by atomic mass is 10.3. The number of carbonyl (C=O) groups excluding carboxylic acids is 2. The zero-order chi connectivity index (χ0) is 15.8. The second kappa shape index (κ2) is 8.31. The van der Waals surface area contributed by atoms with E-state index in [9.17, 15) is 9.59 Å². The Kier molecular flexibility index (Phi) is 6.74. The van der Waals surface area contributed by atoms with Crippen LogP contribution in [0.15, 0.2) is 29.4 Å². The van der Waals surface area contributed by atoms with Crippen molar-refractivity contribution in [3.63, 3.8) is 0 Å². The van der Waals surface area contributed by atoms with Crippen LogP contribution in [0.1, 0.15) is 13.8 Å². The molecule has 0 saturated heterocycles. The molecule has 1 rings (SSSR count). The Labute approximate surface area is 128 Å². The predicted molar refractivity (Wildman–Crippen MR) is 78.7 cm³/mol. The number of aromatic nitrogens is 1. The highest BCUT2D eigenvalue weighted by molar-refractivity contribution is 7.85. The minimum absolute atomic E-state index is 0.0127. The third kappa shape index (κ3) is 4.49.